The van der Waals surface area contributed by atoms with Crippen LogP contribution in [0.25, 0.3) is 10.4 Å². The van der Waals surface area contributed by atoms with E-state index in [0.717, 1.165) is 21.8 Å². The van der Waals surface area contributed by atoms with Gasteiger partial charge in [-0.25, -0.2) is 9.98 Å². The first-order valence-corrected chi connectivity index (χ1v) is 7.86. The minimum atomic E-state index is -0.416. The van der Waals surface area contributed by atoms with Crippen LogP contribution in [-0.2, 0) is 0 Å². The summed E-state index contributed by atoms with van der Waals surface area (Å²) in [6.07, 6.45) is 3.45. The van der Waals surface area contributed by atoms with E-state index in [4.69, 9.17) is 4.74 Å². The third-order valence-electron chi connectivity index (χ3n) is 3.30. The molecule has 0 N–H and O–H groups in total. The second-order valence-corrected chi connectivity index (χ2v) is 5.85. The van der Waals surface area contributed by atoms with Gasteiger partial charge in [-0.2, -0.15) is 0 Å². The maximum absolute atomic E-state index is 10.7. The largest absolute Gasteiger partial charge is 0.497 e. The molecule has 2 aromatic carbocycles. The summed E-state index contributed by atoms with van der Waals surface area (Å²) in [4.78, 5) is 19.8. The van der Waals surface area contributed by atoms with Gasteiger partial charge in [0.25, 0.3) is 5.69 Å². The summed E-state index contributed by atoms with van der Waals surface area (Å²) in [5.74, 6) is 0.793. The van der Waals surface area contributed by atoms with Crippen LogP contribution in [-0.4, -0.2) is 23.2 Å². The summed E-state index contributed by atoms with van der Waals surface area (Å²) in [7, 11) is 1.62. The molecule has 0 aliphatic carbocycles. The van der Waals surface area contributed by atoms with Crippen molar-refractivity contribution in [2.45, 2.75) is 0 Å². The summed E-state index contributed by atoms with van der Waals surface area (Å²) in [6, 6.07) is 13.9. The van der Waals surface area contributed by atoms with E-state index in [9.17, 15) is 10.1 Å². The van der Waals surface area contributed by atoms with Crippen molar-refractivity contribution < 1.29 is 9.66 Å². The van der Waals surface area contributed by atoms with Crippen molar-refractivity contribution in [1.29, 1.82) is 0 Å². The highest BCUT2D eigenvalue weighted by atomic mass is 32.1. The van der Waals surface area contributed by atoms with Gasteiger partial charge in [0.2, 0.25) is 5.13 Å². The van der Waals surface area contributed by atoms with Crippen LogP contribution in [0.4, 0.5) is 10.8 Å². The summed E-state index contributed by atoms with van der Waals surface area (Å²) in [5.41, 5.74) is 1.90. The zero-order chi connectivity index (χ0) is 16.9. The van der Waals surface area contributed by atoms with Crippen molar-refractivity contribution in [2.24, 2.45) is 4.99 Å². The van der Waals surface area contributed by atoms with E-state index in [-0.39, 0.29) is 5.69 Å². The summed E-state index contributed by atoms with van der Waals surface area (Å²) < 4.78 is 5.11. The van der Waals surface area contributed by atoms with Crippen molar-refractivity contribution in [3.8, 4) is 16.2 Å². The van der Waals surface area contributed by atoms with Crippen LogP contribution in [0.5, 0.6) is 5.75 Å². The topological polar surface area (TPSA) is 77.6 Å². The van der Waals surface area contributed by atoms with E-state index < -0.39 is 4.92 Å². The molecule has 24 heavy (non-hydrogen) atoms. The molecule has 3 rings (SSSR count). The van der Waals surface area contributed by atoms with Crippen molar-refractivity contribution in [1.82, 2.24) is 4.98 Å². The number of nitrogens with zero attached hydrogens (tertiary/aromatic N) is 3. The van der Waals surface area contributed by atoms with Crippen molar-refractivity contribution >= 4 is 28.4 Å². The average Bonchev–Trinajstić information content (AvgIpc) is 3.09. The Bertz CT molecular complexity index is 871. The van der Waals surface area contributed by atoms with E-state index in [2.05, 4.69) is 9.98 Å². The van der Waals surface area contributed by atoms with Gasteiger partial charge in [0.15, 0.2) is 0 Å². The Hall–Kier alpha value is -3.06. The zero-order valence-corrected chi connectivity index (χ0v) is 13.6. The smallest absolute Gasteiger partial charge is 0.269 e. The van der Waals surface area contributed by atoms with Crippen LogP contribution in [0.1, 0.15) is 5.56 Å². The number of non-ortho nitro benzene ring substituents is 1. The lowest BCUT2D eigenvalue weighted by atomic mass is 10.2. The standard InChI is InChI=1S/C17H13N3O3S/c1-23-15-8-2-12(3-9-15)10-18-17-19-11-16(24-17)13-4-6-14(7-5-13)20(21)22/h2-11H,1H3/b18-10+. The number of rotatable bonds is 5. The Labute approximate surface area is 142 Å². The van der Waals surface area contributed by atoms with Gasteiger partial charge in [-0.05, 0) is 47.5 Å². The molecule has 0 fully saturated rings. The molecule has 0 amide bonds. The Kier molecular flexibility index (Phi) is 4.62. The van der Waals surface area contributed by atoms with Crippen LogP contribution in [0.2, 0.25) is 0 Å². The third kappa shape index (κ3) is 3.64. The number of hydrogen-bond acceptors (Lipinski definition) is 6. The van der Waals surface area contributed by atoms with Crippen LogP contribution >= 0.6 is 11.3 Å². The quantitative estimate of drug-likeness (QED) is 0.390. The van der Waals surface area contributed by atoms with E-state index >= 15 is 0 Å². The molecule has 6 nitrogen and oxygen atoms in total. The van der Waals surface area contributed by atoms with Crippen molar-refractivity contribution in [2.75, 3.05) is 7.11 Å². The fraction of sp³-hybridized carbons (Fsp3) is 0.0588. The average molecular weight is 339 g/mol. The number of benzene rings is 2. The predicted octanol–water partition coefficient (Wildman–Crippen LogP) is 4.48. The highest BCUT2D eigenvalue weighted by Gasteiger charge is 2.07. The third-order valence-corrected chi connectivity index (χ3v) is 4.25. The fourth-order valence-electron chi connectivity index (χ4n) is 2.03. The van der Waals surface area contributed by atoms with Gasteiger partial charge in [0.1, 0.15) is 5.75 Å². The molecule has 7 heteroatoms. The normalized spacial score (nSPS) is 10.9. The van der Waals surface area contributed by atoms with Crippen LogP contribution < -0.4 is 4.74 Å². The molecule has 3 aromatic rings. The summed E-state index contributed by atoms with van der Waals surface area (Å²) in [6.45, 7) is 0. The molecule has 0 saturated heterocycles. The van der Waals surface area contributed by atoms with Crippen LogP contribution in [0.15, 0.2) is 59.7 Å². The molecule has 0 unspecified atom stereocenters. The SMILES string of the molecule is COc1ccc(/C=N/c2ncc(-c3ccc([N+](=O)[O-])cc3)s2)cc1. The number of aromatic nitrogens is 1. The number of nitro groups is 1. The first-order valence-electron chi connectivity index (χ1n) is 7.04. The van der Waals surface area contributed by atoms with Crippen molar-refractivity contribution in [3.05, 3.63) is 70.4 Å². The van der Waals surface area contributed by atoms with E-state index in [1.165, 1.54) is 23.5 Å². The van der Waals surface area contributed by atoms with Crippen LogP contribution in [0, 0.1) is 10.1 Å². The molecule has 0 aliphatic rings. The Balaban J connectivity index is 1.74. The fourth-order valence-corrected chi connectivity index (χ4v) is 2.79. The lowest BCUT2D eigenvalue weighted by molar-refractivity contribution is -0.384. The van der Waals surface area contributed by atoms with Crippen LogP contribution in [0.3, 0.4) is 0 Å². The molecule has 0 spiro atoms. The van der Waals surface area contributed by atoms with E-state index in [1.54, 1.807) is 31.7 Å². The van der Waals surface area contributed by atoms with Gasteiger partial charge in [-0.1, -0.05) is 11.3 Å². The van der Waals surface area contributed by atoms with Gasteiger partial charge in [0, 0.05) is 24.5 Å². The monoisotopic (exact) mass is 339 g/mol. The lowest BCUT2D eigenvalue weighted by Gasteiger charge is -1.98. The molecule has 1 heterocycles. The molecular weight excluding hydrogens is 326 g/mol. The number of methoxy groups -OCH3 is 1. The van der Waals surface area contributed by atoms with Gasteiger partial charge in [-0.3, -0.25) is 10.1 Å². The van der Waals surface area contributed by atoms with Gasteiger partial charge in [0.05, 0.1) is 16.9 Å². The zero-order valence-electron chi connectivity index (χ0n) is 12.7. The summed E-state index contributed by atoms with van der Waals surface area (Å²) in [5, 5.41) is 11.3. The highest BCUT2D eigenvalue weighted by molar-refractivity contribution is 7.18. The molecule has 0 aliphatic heterocycles. The number of nitro benzene ring substituents is 1. The number of hydrogen-bond donors (Lipinski definition) is 0. The van der Waals surface area contributed by atoms with Gasteiger partial charge < -0.3 is 4.74 Å². The van der Waals surface area contributed by atoms with Gasteiger partial charge >= 0.3 is 0 Å². The van der Waals surface area contributed by atoms with Gasteiger partial charge in [-0.15, -0.1) is 0 Å². The molecule has 0 bridgehead atoms. The minimum Gasteiger partial charge on any atom is -0.497 e. The molecule has 0 atom stereocenters. The van der Waals surface area contributed by atoms with Crippen molar-refractivity contribution in [3.63, 3.8) is 0 Å². The van der Waals surface area contributed by atoms with E-state index in [0.29, 0.717) is 5.13 Å². The molecular formula is C17H13N3O3S. The molecule has 0 radical (unpaired) electrons. The Morgan fingerprint density at radius 3 is 2.50 bits per heavy atom. The number of ether oxygens (including phenoxy) is 1. The Morgan fingerprint density at radius 1 is 1.17 bits per heavy atom. The molecule has 120 valence electrons. The van der Waals surface area contributed by atoms with E-state index in [1.807, 2.05) is 24.3 Å². The number of thiazole rings is 1. The second-order valence-electron chi connectivity index (χ2n) is 4.84. The first-order chi connectivity index (χ1) is 11.7. The minimum absolute atomic E-state index is 0.0704. The lowest BCUT2D eigenvalue weighted by Crippen LogP contribution is -1.86. The summed E-state index contributed by atoms with van der Waals surface area (Å²) >= 11 is 1.42. The maximum atomic E-state index is 10.7. The first kappa shape index (κ1) is 15.8. The second kappa shape index (κ2) is 7.01. The Morgan fingerprint density at radius 2 is 1.88 bits per heavy atom. The molecule has 0 saturated carbocycles. The highest BCUT2D eigenvalue weighted by Crippen LogP contribution is 2.31. The maximum Gasteiger partial charge on any atom is 0.269 e. The molecule has 1 aromatic heterocycles. The number of aliphatic imine (C=N–C) groups is 1. The predicted molar refractivity (Wildman–Crippen MR) is 94.5 cm³/mol.